The molecule has 2 aromatic carbocycles. The number of hydrogen-bond donors (Lipinski definition) is 0. The Balaban J connectivity index is 1.69. The Morgan fingerprint density at radius 3 is 2.43 bits per heavy atom. The summed E-state index contributed by atoms with van der Waals surface area (Å²) in [6.45, 7) is 4.06. The predicted octanol–water partition coefficient (Wildman–Crippen LogP) is 4.21. The van der Waals surface area contributed by atoms with Gasteiger partial charge in [-0.3, -0.25) is 14.5 Å². The molecule has 1 saturated heterocycles. The molecule has 5 heteroatoms. The molecule has 28 heavy (non-hydrogen) atoms. The molecule has 0 spiro atoms. The second kappa shape index (κ2) is 7.76. The average Bonchev–Trinajstić information content (AvgIpc) is 2.81. The number of carbonyl (C=O) groups is 2. The number of hydrogen-bond acceptors (Lipinski definition) is 3. The molecule has 0 aromatic heterocycles. The molecule has 1 atom stereocenters. The first-order valence-electron chi connectivity index (χ1n) is 10.1. The van der Waals surface area contributed by atoms with E-state index in [1.54, 1.807) is 22.9 Å². The van der Waals surface area contributed by atoms with E-state index in [0.717, 1.165) is 24.5 Å². The SMILES string of the molecule is CC1CCCCN1CCC(=O)N1c2ccccc2C(=O)N(C)c2ccccc21. The highest BCUT2D eigenvalue weighted by atomic mass is 16.2. The lowest BCUT2D eigenvalue weighted by atomic mass is 10.0. The fourth-order valence-electron chi connectivity index (χ4n) is 4.32. The molecule has 0 radical (unpaired) electrons. The van der Waals surface area contributed by atoms with E-state index in [4.69, 9.17) is 0 Å². The van der Waals surface area contributed by atoms with E-state index in [9.17, 15) is 9.59 Å². The van der Waals surface area contributed by atoms with Crippen LogP contribution in [-0.2, 0) is 4.79 Å². The molecule has 2 heterocycles. The normalized spacial score (nSPS) is 19.8. The van der Waals surface area contributed by atoms with Gasteiger partial charge in [0.15, 0.2) is 0 Å². The molecule has 2 aliphatic rings. The number of rotatable bonds is 3. The minimum atomic E-state index is -0.0944. The maximum absolute atomic E-state index is 13.4. The zero-order valence-electron chi connectivity index (χ0n) is 16.6. The summed E-state index contributed by atoms with van der Waals surface area (Å²) in [6.07, 6.45) is 4.11. The Bertz CT molecular complexity index is 895. The van der Waals surface area contributed by atoms with Crippen molar-refractivity contribution < 1.29 is 9.59 Å². The third-order valence-electron chi connectivity index (χ3n) is 5.97. The number of piperidine rings is 1. The molecule has 2 aliphatic heterocycles. The van der Waals surface area contributed by atoms with E-state index < -0.39 is 0 Å². The van der Waals surface area contributed by atoms with Crippen LogP contribution in [-0.4, -0.2) is 42.9 Å². The highest BCUT2D eigenvalue weighted by Gasteiger charge is 2.32. The third kappa shape index (κ3) is 3.31. The summed E-state index contributed by atoms with van der Waals surface area (Å²) in [4.78, 5) is 32.2. The monoisotopic (exact) mass is 377 g/mol. The van der Waals surface area contributed by atoms with Gasteiger partial charge < -0.3 is 9.80 Å². The summed E-state index contributed by atoms with van der Waals surface area (Å²) in [6, 6.07) is 15.5. The lowest BCUT2D eigenvalue weighted by Gasteiger charge is -2.33. The second-order valence-electron chi connectivity index (χ2n) is 7.73. The number of amides is 2. The molecule has 2 amide bonds. The van der Waals surface area contributed by atoms with E-state index in [0.29, 0.717) is 23.7 Å². The van der Waals surface area contributed by atoms with Crippen molar-refractivity contribution in [1.82, 2.24) is 4.90 Å². The van der Waals surface area contributed by atoms with Crippen molar-refractivity contribution in [2.24, 2.45) is 0 Å². The first-order valence-corrected chi connectivity index (χ1v) is 10.1. The minimum absolute atomic E-state index is 0.0285. The molecule has 0 saturated carbocycles. The van der Waals surface area contributed by atoms with Crippen molar-refractivity contribution in [2.45, 2.75) is 38.6 Å². The van der Waals surface area contributed by atoms with E-state index in [-0.39, 0.29) is 11.8 Å². The Kier molecular flexibility index (Phi) is 5.18. The number of fused-ring (bicyclic) bond motifs is 2. The Labute approximate surface area is 166 Å². The number of para-hydroxylation sites is 3. The molecule has 2 aromatic rings. The number of likely N-dealkylation sites (tertiary alicyclic amines) is 1. The zero-order chi connectivity index (χ0) is 19.7. The van der Waals surface area contributed by atoms with Crippen LogP contribution in [0.15, 0.2) is 48.5 Å². The molecule has 0 aliphatic carbocycles. The molecule has 4 rings (SSSR count). The molecular weight excluding hydrogens is 350 g/mol. The first kappa shape index (κ1) is 18.7. The summed E-state index contributed by atoms with van der Waals surface area (Å²) in [7, 11) is 1.77. The minimum Gasteiger partial charge on any atom is -0.309 e. The summed E-state index contributed by atoms with van der Waals surface area (Å²) in [5.74, 6) is -0.0659. The van der Waals surface area contributed by atoms with E-state index in [1.165, 1.54) is 19.3 Å². The fraction of sp³-hybridized carbons (Fsp3) is 0.391. The Morgan fingerprint density at radius 2 is 1.68 bits per heavy atom. The maximum Gasteiger partial charge on any atom is 0.260 e. The van der Waals surface area contributed by atoms with Gasteiger partial charge in [-0.15, -0.1) is 0 Å². The number of benzene rings is 2. The van der Waals surface area contributed by atoms with Crippen LogP contribution in [0.5, 0.6) is 0 Å². The average molecular weight is 377 g/mol. The van der Waals surface area contributed by atoms with Crippen molar-refractivity contribution in [1.29, 1.82) is 0 Å². The molecule has 5 nitrogen and oxygen atoms in total. The van der Waals surface area contributed by atoms with Crippen LogP contribution < -0.4 is 9.80 Å². The molecule has 1 fully saturated rings. The zero-order valence-corrected chi connectivity index (χ0v) is 16.6. The quantitative estimate of drug-likeness (QED) is 0.805. The Morgan fingerprint density at radius 1 is 1.00 bits per heavy atom. The van der Waals surface area contributed by atoms with Crippen molar-refractivity contribution in [2.75, 3.05) is 29.9 Å². The predicted molar refractivity (Wildman–Crippen MR) is 112 cm³/mol. The number of nitrogens with zero attached hydrogens (tertiary/aromatic N) is 3. The first-order chi connectivity index (χ1) is 13.6. The van der Waals surface area contributed by atoms with Crippen LogP contribution in [0.25, 0.3) is 0 Å². The summed E-state index contributed by atoms with van der Waals surface area (Å²) < 4.78 is 0. The van der Waals surface area contributed by atoms with Crippen molar-refractivity contribution in [3.63, 3.8) is 0 Å². The van der Waals surface area contributed by atoms with Crippen LogP contribution in [0.4, 0.5) is 17.1 Å². The number of carbonyl (C=O) groups excluding carboxylic acids is 2. The van der Waals surface area contributed by atoms with Gasteiger partial charge in [0.2, 0.25) is 5.91 Å². The van der Waals surface area contributed by atoms with Crippen molar-refractivity contribution >= 4 is 28.9 Å². The van der Waals surface area contributed by atoms with Crippen LogP contribution in [0.2, 0.25) is 0 Å². The fourth-order valence-corrected chi connectivity index (χ4v) is 4.32. The topological polar surface area (TPSA) is 43.9 Å². The summed E-state index contributed by atoms with van der Waals surface area (Å²) in [5.41, 5.74) is 2.74. The van der Waals surface area contributed by atoms with Gasteiger partial charge in [-0.25, -0.2) is 0 Å². The molecular formula is C23H27N3O2. The van der Waals surface area contributed by atoms with E-state index >= 15 is 0 Å². The van der Waals surface area contributed by atoms with Gasteiger partial charge in [-0.1, -0.05) is 30.7 Å². The summed E-state index contributed by atoms with van der Waals surface area (Å²) in [5, 5.41) is 0. The van der Waals surface area contributed by atoms with Crippen LogP contribution >= 0.6 is 0 Å². The molecule has 146 valence electrons. The van der Waals surface area contributed by atoms with E-state index in [1.807, 2.05) is 42.5 Å². The lowest BCUT2D eigenvalue weighted by Crippen LogP contribution is -2.40. The summed E-state index contributed by atoms with van der Waals surface area (Å²) >= 11 is 0. The molecule has 0 bridgehead atoms. The smallest absolute Gasteiger partial charge is 0.260 e. The second-order valence-corrected chi connectivity index (χ2v) is 7.73. The van der Waals surface area contributed by atoms with Gasteiger partial charge >= 0.3 is 0 Å². The lowest BCUT2D eigenvalue weighted by molar-refractivity contribution is -0.118. The van der Waals surface area contributed by atoms with Crippen LogP contribution in [0, 0.1) is 0 Å². The van der Waals surface area contributed by atoms with Gasteiger partial charge in [0, 0.05) is 26.1 Å². The van der Waals surface area contributed by atoms with Gasteiger partial charge in [0.05, 0.1) is 22.6 Å². The van der Waals surface area contributed by atoms with Gasteiger partial charge in [-0.2, -0.15) is 0 Å². The van der Waals surface area contributed by atoms with Crippen molar-refractivity contribution in [3.05, 3.63) is 54.1 Å². The van der Waals surface area contributed by atoms with Gasteiger partial charge in [0.25, 0.3) is 5.91 Å². The van der Waals surface area contributed by atoms with Crippen LogP contribution in [0.3, 0.4) is 0 Å². The van der Waals surface area contributed by atoms with Gasteiger partial charge in [0.1, 0.15) is 0 Å². The standard InChI is InChI=1S/C23H27N3O2/c1-17-9-7-8-15-25(17)16-14-22(27)26-19-11-4-3-10-18(19)23(28)24(2)20-12-5-6-13-21(20)26/h3-6,10-13,17H,7-9,14-16H2,1-2H3. The number of anilines is 3. The maximum atomic E-state index is 13.4. The molecule has 0 N–H and O–H groups in total. The van der Waals surface area contributed by atoms with Crippen LogP contribution in [0.1, 0.15) is 43.0 Å². The third-order valence-corrected chi connectivity index (χ3v) is 5.97. The largest absolute Gasteiger partial charge is 0.309 e. The highest BCUT2D eigenvalue weighted by Crippen LogP contribution is 2.40. The highest BCUT2D eigenvalue weighted by molar-refractivity contribution is 6.18. The van der Waals surface area contributed by atoms with Crippen molar-refractivity contribution in [3.8, 4) is 0 Å². The van der Waals surface area contributed by atoms with Gasteiger partial charge in [-0.05, 0) is 50.6 Å². The Hall–Kier alpha value is -2.66. The van der Waals surface area contributed by atoms with E-state index in [2.05, 4.69) is 11.8 Å². The molecule has 1 unspecified atom stereocenters.